The van der Waals surface area contributed by atoms with Gasteiger partial charge in [-0.25, -0.2) is 19.9 Å². The van der Waals surface area contributed by atoms with Gasteiger partial charge >= 0.3 is 0 Å². The minimum absolute atomic E-state index is 0.650. The van der Waals surface area contributed by atoms with Crippen LogP contribution in [0.4, 0.5) is 0 Å². The first-order chi connectivity index (χ1) is 55.5. The highest BCUT2D eigenvalue weighted by molar-refractivity contribution is 6.30. The maximum absolute atomic E-state index is 5.50. The molecule has 6 aromatic heterocycles. The summed E-state index contributed by atoms with van der Waals surface area (Å²) in [6.45, 7) is 0. The molecule has 6 heterocycles. The van der Waals surface area contributed by atoms with Crippen LogP contribution in [0, 0.1) is 0 Å². The quantitative estimate of drug-likeness (QED) is 0.115. The van der Waals surface area contributed by atoms with Gasteiger partial charge in [0.2, 0.25) is 0 Å². The summed E-state index contributed by atoms with van der Waals surface area (Å²) >= 11 is 0. The molecule has 0 radical (unpaired) electrons. The van der Waals surface area contributed by atoms with Crippen molar-refractivity contribution in [2.45, 2.75) is 0 Å². The largest absolute Gasteiger partial charge is 0.309 e. The van der Waals surface area contributed by atoms with Crippen LogP contribution in [0.15, 0.2) is 400 Å². The van der Waals surface area contributed by atoms with E-state index in [0.29, 0.717) is 11.6 Å². The average Bonchev–Trinajstić information content (AvgIpc) is 1.55. The number of para-hydroxylation sites is 5. The molecule has 22 rings (SSSR count). The van der Waals surface area contributed by atoms with Crippen molar-refractivity contribution < 1.29 is 0 Å². The normalized spacial score (nSPS) is 11.8. The molecular formula is C104H66N8. The molecule has 0 saturated carbocycles. The van der Waals surface area contributed by atoms with Crippen molar-refractivity contribution in [1.82, 2.24) is 38.2 Å². The van der Waals surface area contributed by atoms with E-state index in [1.807, 2.05) is 24.3 Å². The Labute approximate surface area is 645 Å². The lowest BCUT2D eigenvalue weighted by Gasteiger charge is -2.13. The fraction of sp³-hybridized carbons (Fsp3) is 0. The number of hydrogen-bond donors (Lipinski definition) is 0. The summed E-state index contributed by atoms with van der Waals surface area (Å²) in [5, 5.41) is 9.75. The van der Waals surface area contributed by atoms with Crippen molar-refractivity contribution in [3.63, 3.8) is 0 Å². The number of benzene rings is 16. The second-order valence-electron chi connectivity index (χ2n) is 28.9. The average molecular weight is 1430 g/mol. The Balaban J connectivity index is 0.618. The summed E-state index contributed by atoms with van der Waals surface area (Å²) < 4.78 is 9.72. The third-order valence-electron chi connectivity index (χ3n) is 22.4. The van der Waals surface area contributed by atoms with Crippen molar-refractivity contribution in [1.29, 1.82) is 0 Å². The molecule has 0 aliphatic carbocycles. The Bertz CT molecular complexity index is 7410. The van der Waals surface area contributed by atoms with Crippen LogP contribution in [0.25, 0.3) is 211 Å². The van der Waals surface area contributed by atoms with E-state index in [-0.39, 0.29) is 0 Å². The van der Waals surface area contributed by atoms with Crippen LogP contribution in [-0.2, 0) is 0 Å². The predicted molar refractivity (Wildman–Crippen MR) is 464 cm³/mol. The van der Waals surface area contributed by atoms with E-state index < -0.39 is 0 Å². The fourth-order valence-electron chi connectivity index (χ4n) is 17.3. The van der Waals surface area contributed by atoms with Crippen LogP contribution < -0.4 is 0 Å². The lowest BCUT2D eigenvalue weighted by molar-refractivity contribution is 1.17. The molecule has 0 saturated heterocycles. The van der Waals surface area contributed by atoms with Crippen LogP contribution in [0.3, 0.4) is 0 Å². The van der Waals surface area contributed by atoms with Crippen LogP contribution in [-0.4, -0.2) is 38.2 Å². The molecule has 0 N–H and O–H groups in total. The topological polar surface area (TPSA) is 71.3 Å². The van der Waals surface area contributed by atoms with Crippen LogP contribution >= 0.6 is 0 Å². The summed E-state index contributed by atoms with van der Waals surface area (Å²) in [7, 11) is 0. The molecular weight excluding hydrogens is 1360 g/mol. The summed E-state index contributed by atoms with van der Waals surface area (Å²) in [5.74, 6) is 1.34. The van der Waals surface area contributed by atoms with E-state index >= 15 is 0 Å². The van der Waals surface area contributed by atoms with E-state index in [1.165, 1.54) is 54.1 Å². The van der Waals surface area contributed by atoms with Crippen molar-refractivity contribution in [3.05, 3.63) is 400 Å². The van der Waals surface area contributed by atoms with Gasteiger partial charge in [0.15, 0.2) is 11.6 Å². The van der Waals surface area contributed by atoms with Crippen molar-refractivity contribution in [2.24, 2.45) is 0 Å². The minimum atomic E-state index is 0.650. The number of aromatic nitrogens is 8. The second-order valence-corrected chi connectivity index (χ2v) is 28.9. The lowest BCUT2D eigenvalue weighted by atomic mass is 9.98. The molecule has 0 bridgehead atoms. The molecule has 8 heteroatoms. The van der Waals surface area contributed by atoms with Crippen LogP contribution in [0.2, 0.25) is 0 Å². The first kappa shape index (κ1) is 64.1. The number of hydrogen-bond acceptors (Lipinski definition) is 4. The van der Waals surface area contributed by atoms with E-state index in [0.717, 1.165) is 145 Å². The molecule has 8 nitrogen and oxygen atoms in total. The van der Waals surface area contributed by atoms with Gasteiger partial charge in [-0.1, -0.05) is 273 Å². The molecule has 112 heavy (non-hydrogen) atoms. The van der Waals surface area contributed by atoms with Gasteiger partial charge in [-0.2, -0.15) is 0 Å². The Morgan fingerprint density at radius 2 is 0.429 bits per heavy atom. The summed E-state index contributed by atoms with van der Waals surface area (Å²) in [5.41, 5.74) is 29.6. The Morgan fingerprint density at radius 1 is 0.143 bits per heavy atom. The predicted octanol–water partition coefficient (Wildman–Crippen LogP) is 26.7. The smallest absolute Gasteiger partial charge is 0.160 e. The Morgan fingerprint density at radius 3 is 0.893 bits per heavy atom. The number of rotatable bonds is 13. The summed E-state index contributed by atoms with van der Waals surface area (Å²) in [4.78, 5) is 21.1. The summed E-state index contributed by atoms with van der Waals surface area (Å²) in [6.07, 6.45) is 0. The molecule has 0 fully saturated rings. The lowest BCUT2D eigenvalue weighted by Crippen LogP contribution is -1.97. The highest BCUT2D eigenvalue weighted by atomic mass is 15.0. The number of nitrogens with zero attached hydrogens (tertiary/aromatic N) is 8. The minimum Gasteiger partial charge on any atom is -0.309 e. The summed E-state index contributed by atoms with van der Waals surface area (Å²) in [6, 6.07) is 144. The zero-order valence-electron chi connectivity index (χ0n) is 60.7. The molecule has 0 spiro atoms. The van der Waals surface area contributed by atoms with Gasteiger partial charge in [-0.15, -0.1) is 0 Å². The van der Waals surface area contributed by atoms with Crippen molar-refractivity contribution in [2.75, 3.05) is 0 Å². The maximum atomic E-state index is 5.50. The maximum Gasteiger partial charge on any atom is 0.160 e. The third kappa shape index (κ3) is 10.8. The molecule has 0 amide bonds. The molecule has 522 valence electrons. The zero-order valence-corrected chi connectivity index (χ0v) is 60.7. The monoisotopic (exact) mass is 1430 g/mol. The van der Waals surface area contributed by atoms with E-state index in [1.54, 1.807) is 0 Å². The van der Waals surface area contributed by atoms with Gasteiger partial charge in [-0.3, -0.25) is 0 Å². The molecule has 0 aliphatic rings. The van der Waals surface area contributed by atoms with E-state index in [9.17, 15) is 0 Å². The van der Waals surface area contributed by atoms with Gasteiger partial charge in [0.05, 0.1) is 66.9 Å². The van der Waals surface area contributed by atoms with E-state index in [4.69, 9.17) is 19.9 Å². The van der Waals surface area contributed by atoms with Gasteiger partial charge in [0.25, 0.3) is 0 Å². The van der Waals surface area contributed by atoms with Crippen LogP contribution in [0.1, 0.15) is 0 Å². The second kappa shape index (κ2) is 26.4. The molecule has 16 aromatic carbocycles. The molecule has 0 aliphatic heterocycles. The third-order valence-corrected chi connectivity index (χ3v) is 22.4. The van der Waals surface area contributed by atoms with Gasteiger partial charge < -0.3 is 18.3 Å². The van der Waals surface area contributed by atoms with Crippen LogP contribution in [0.5, 0.6) is 0 Å². The van der Waals surface area contributed by atoms with E-state index in [2.05, 4.69) is 394 Å². The van der Waals surface area contributed by atoms with Crippen molar-refractivity contribution >= 4 is 87.2 Å². The molecule has 22 aromatic rings. The van der Waals surface area contributed by atoms with Gasteiger partial charge in [-0.05, 0) is 161 Å². The first-order valence-electron chi connectivity index (χ1n) is 38.1. The van der Waals surface area contributed by atoms with Gasteiger partial charge in [0.1, 0.15) is 0 Å². The first-order valence-corrected chi connectivity index (χ1v) is 38.1. The van der Waals surface area contributed by atoms with Crippen molar-refractivity contribution in [3.8, 4) is 124 Å². The zero-order chi connectivity index (χ0) is 73.7. The highest BCUT2D eigenvalue weighted by Crippen LogP contribution is 2.47. The Hall–Kier alpha value is -15.1. The number of fused-ring (bicyclic) bond motifs is 14. The standard InChI is InChI=1S/C104H66N8/c1-6-26-68(27-7-1)87-65-89(107-103(105-87)70-30-10-3-11-31-70)76-36-22-32-71(60-76)67-50-53-81(54-51-67)110-92-48-20-17-45-84(92)100-95(110)56-58-96-102(100)86-55-52-75(64-98(86)111(96)80-41-14-5-15-42-80)72-33-23-37-77(61-72)90-66-88(69-28-8-2-9-29-69)106-104(108-90)78-38-24-34-73(62-78)74-35-25-43-82(63-74)112-93-49-21-18-46-85(93)101-97(112)59-57-94-99(101)83-44-16-19-47-91(83)109(94)79-39-12-4-13-40-79/h1-66H. The molecule has 0 atom stereocenters. The highest BCUT2D eigenvalue weighted by Gasteiger charge is 2.25. The molecule has 0 unspecified atom stereocenters. The fourth-order valence-corrected chi connectivity index (χ4v) is 17.3. The Kier molecular flexibility index (Phi) is 15.1. The van der Waals surface area contributed by atoms with Gasteiger partial charge in [0, 0.05) is 99.2 Å². The SMILES string of the molecule is c1ccc(-c2cc(-c3cccc(-c4ccc(-n5c6ccccc6c6c7c8ccc(-c9cccc(-c%10cc(-c%11ccccc%11)nc(-c%11cccc(-c%12cccc(-n%13c%14ccccc%14c%14c%15c%16ccccc%16n(-c%16ccccc%16)c%15ccc%14%13)c%12)c%11)n%10)c9)cc8n(-c8ccccc8)c7ccc65)cc4)c3)nc(-c3ccccc3)n2)cc1.